The molecule has 0 radical (unpaired) electrons. The molecule has 1 aliphatic rings. The molecule has 1 saturated carbocycles. The number of nitrogens with zero attached hydrogens (tertiary/aromatic N) is 1. The van der Waals surface area contributed by atoms with Crippen molar-refractivity contribution in [2.24, 2.45) is 5.92 Å². The summed E-state index contributed by atoms with van der Waals surface area (Å²) >= 11 is 0. The van der Waals surface area contributed by atoms with E-state index >= 15 is 0 Å². The van der Waals surface area contributed by atoms with E-state index < -0.39 is 10.7 Å². The van der Waals surface area contributed by atoms with E-state index in [-0.39, 0.29) is 17.4 Å². The van der Waals surface area contributed by atoms with Gasteiger partial charge in [-0.15, -0.1) is 0 Å². The quantitative estimate of drug-likeness (QED) is 0.599. The summed E-state index contributed by atoms with van der Waals surface area (Å²) in [4.78, 5) is 21.4. The van der Waals surface area contributed by atoms with Gasteiger partial charge in [0.2, 0.25) is 0 Å². The maximum absolute atomic E-state index is 13.2. The number of rotatable bonds is 3. The highest BCUT2D eigenvalue weighted by molar-refractivity contribution is 5.83. The Hall–Kier alpha value is -1.78. The number of Topliss-reactive ketones (excluding diaryl/α,β-unsaturated/α-hetero) is 1. The second kappa shape index (κ2) is 4.61. The molecule has 1 aromatic carbocycles. The Kier molecular flexibility index (Phi) is 3.17. The summed E-state index contributed by atoms with van der Waals surface area (Å²) in [6.07, 6.45) is 2.63. The van der Waals surface area contributed by atoms with Crippen LogP contribution in [0.1, 0.15) is 24.8 Å². The smallest absolute Gasteiger partial charge is 0.272 e. The van der Waals surface area contributed by atoms with E-state index in [1.54, 1.807) is 0 Å². The lowest BCUT2D eigenvalue weighted by molar-refractivity contribution is -0.385. The van der Waals surface area contributed by atoms with Gasteiger partial charge in [-0.1, -0.05) is 0 Å². The third kappa shape index (κ3) is 2.67. The van der Waals surface area contributed by atoms with Crippen LogP contribution >= 0.6 is 0 Å². The number of carbonyl (C=O) groups excluding carboxylic acids is 1. The Labute approximate surface area is 97.6 Å². The minimum atomic E-state index is -0.625. The van der Waals surface area contributed by atoms with Crippen molar-refractivity contribution in [3.05, 3.63) is 39.7 Å². The molecule has 4 nitrogen and oxygen atoms in total. The molecule has 0 N–H and O–H groups in total. The molecule has 1 aliphatic carbocycles. The molecule has 0 spiro atoms. The first-order chi connectivity index (χ1) is 8.06. The van der Waals surface area contributed by atoms with Crippen molar-refractivity contribution in [1.29, 1.82) is 0 Å². The minimum Gasteiger partial charge on any atom is -0.299 e. The molecule has 1 atom stereocenters. The van der Waals surface area contributed by atoms with Crippen molar-refractivity contribution in [3.8, 4) is 0 Å². The molecule has 0 amide bonds. The Morgan fingerprint density at radius 3 is 2.76 bits per heavy atom. The van der Waals surface area contributed by atoms with Gasteiger partial charge >= 0.3 is 0 Å². The predicted molar refractivity (Wildman–Crippen MR) is 59.1 cm³/mol. The number of nitro groups is 1. The van der Waals surface area contributed by atoms with Crippen LogP contribution in [0.2, 0.25) is 0 Å². The lowest BCUT2D eigenvalue weighted by Gasteiger charge is -2.07. The minimum absolute atomic E-state index is 0.101. The maximum Gasteiger partial charge on any atom is 0.272 e. The van der Waals surface area contributed by atoms with E-state index in [1.165, 1.54) is 12.1 Å². The fourth-order valence-electron chi connectivity index (χ4n) is 2.24. The standard InChI is InChI=1S/C12H12FNO3/c13-10-5-8(6-11(7-10)14(16)17)4-9-2-1-3-12(9)15/h5-7,9H,1-4H2. The SMILES string of the molecule is O=C1CCCC1Cc1cc(F)cc([N+](=O)[O-])c1. The normalized spacial score (nSPS) is 19.6. The second-order valence-electron chi connectivity index (χ2n) is 4.33. The summed E-state index contributed by atoms with van der Waals surface area (Å²) in [5.41, 5.74) is 0.266. The van der Waals surface area contributed by atoms with Crippen LogP contribution in [0, 0.1) is 21.8 Å². The fourth-order valence-corrected chi connectivity index (χ4v) is 2.24. The van der Waals surface area contributed by atoms with Gasteiger partial charge in [0.15, 0.2) is 0 Å². The van der Waals surface area contributed by atoms with Crippen LogP contribution in [0.15, 0.2) is 18.2 Å². The van der Waals surface area contributed by atoms with Gasteiger partial charge in [-0.3, -0.25) is 14.9 Å². The van der Waals surface area contributed by atoms with Crippen molar-refractivity contribution in [1.82, 2.24) is 0 Å². The number of nitro benzene ring substituents is 1. The van der Waals surface area contributed by atoms with Gasteiger partial charge in [-0.2, -0.15) is 0 Å². The zero-order valence-corrected chi connectivity index (χ0v) is 9.19. The second-order valence-corrected chi connectivity index (χ2v) is 4.33. The third-order valence-corrected chi connectivity index (χ3v) is 3.07. The topological polar surface area (TPSA) is 60.2 Å². The van der Waals surface area contributed by atoms with Crippen LogP contribution < -0.4 is 0 Å². The Morgan fingerprint density at radius 1 is 1.41 bits per heavy atom. The van der Waals surface area contributed by atoms with Crippen molar-refractivity contribution in [2.45, 2.75) is 25.7 Å². The first-order valence-corrected chi connectivity index (χ1v) is 5.53. The first kappa shape index (κ1) is 11.7. The molecule has 5 heteroatoms. The highest BCUT2D eigenvalue weighted by atomic mass is 19.1. The molecule has 2 rings (SSSR count). The number of hydrogen-bond donors (Lipinski definition) is 0. The molecule has 1 aromatic rings. The van der Waals surface area contributed by atoms with E-state index in [4.69, 9.17) is 0 Å². The predicted octanol–water partition coefficient (Wildman–Crippen LogP) is 2.65. The van der Waals surface area contributed by atoms with E-state index in [9.17, 15) is 19.3 Å². The average Bonchev–Trinajstić information content (AvgIpc) is 2.63. The summed E-state index contributed by atoms with van der Waals surface area (Å²) in [5, 5.41) is 10.6. The van der Waals surface area contributed by atoms with Crippen molar-refractivity contribution >= 4 is 11.5 Å². The zero-order valence-electron chi connectivity index (χ0n) is 9.19. The first-order valence-electron chi connectivity index (χ1n) is 5.53. The molecular weight excluding hydrogens is 225 g/mol. The summed E-state index contributed by atoms with van der Waals surface area (Å²) in [5.74, 6) is -0.548. The molecular formula is C12H12FNO3. The van der Waals surface area contributed by atoms with E-state index in [1.807, 2.05) is 0 Å². The summed E-state index contributed by atoms with van der Waals surface area (Å²) in [6.45, 7) is 0. The average molecular weight is 237 g/mol. The van der Waals surface area contributed by atoms with Crippen molar-refractivity contribution in [3.63, 3.8) is 0 Å². The Balaban J connectivity index is 2.20. The Bertz CT molecular complexity index is 473. The van der Waals surface area contributed by atoms with Crippen molar-refractivity contribution < 1.29 is 14.1 Å². The van der Waals surface area contributed by atoms with Crippen LogP contribution in [0.25, 0.3) is 0 Å². The van der Waals surface area contributed by atoms with Crippen LogP contribution in [0.3, 0.4) is 0 Å². The maximum atomic E-state index is 13.2. The molecule has 0 bridgehead atoms. The van der Waals surface area contributed by atoms with Crippen LogP contribution in [0.5, 0.6) is 0 Å². The molecule has 0 aliphatic heterocycles. The lowest BCUT2D eigenvalue weighted by Crippen LogP contribution is -2.09. The number of hydrogen-bond acceptors (Lipinski definition) is 3. The van der Waals surface area contributed by atoms with E-state index in [0.717, 1.165) is 18.9 Å². The largest absolute Gasteiger partial charge is 0.299 e. The summed E-state index contributed by atoms with van der Waals surface area (Å²) < 4.78 is 13.2. The summed E-state index contributed by atoms with van der Waals surface area (Å²) in [7, 11) is 0. The van der Waals surface area contributed by atoms with Gasteiger partial charge in [0.05, 0.1) is 11.0 Å². The Morgan fingerprint density at radius 2 is 2.18 bits per heavy atom. The van der Waals surface area contributed by atoms with Crippen LogP contribution in [-0.2, 0) is 11.2 Å². The highest BCUT2D eigenvalue weighted by Gasteiger charge is 2.25. The molecule has 0 saturated heterocycles. The molecule has 1 fully saturated rings. The zero-order chi connectivity index (χ0) is 12.4. The van der Waals surface area contributed by atoms with E-state index in [0.29, 0.717) is 18.4 Å². The molecule has 0 aromatic heterocycles. The van der Waals surface area contributed by atoms with E-state index in [2.05, 4.69) is 0 Å². The number of carbonyl (C=O) groups is 1. The number of non-ortho nitro benzene ring substituents is 1. The lowest BCUT2D eigenvalue weighted by atomic mass is 9.97. The van der Waals surface area contributed by atoms with Crippen molar-refractivity contribution in [2.75, 3.05) is 0 Å². The van der Waals surface area contributed by atoms with Gasteiger partial charge in [0.1, 0.15) is 11.6 Å². The van der Waals surface area contributed by atoms with Crippen LogP contribution in [0.4, 0.5) is 10.1 Å². The number of ketones is 1. The monoisotopic (exact) mass is 237 g/mol. The summed E-state index contributed by atoms with van der Waals surface area (Å²) in [6, 6.07) is 3.49. The number of halogens is 1. The third-order valence-electron chi connectivity index (χ3n) is 3.07. The molecule has 17 heavy (non-hydrogen) atoms. The van der Waals surface area contributed by atoms with Crippen LogP contribution in [-0.4, -0.2) is 10.7 Å². The fraction of sp³-hybridized carbons (Fsp3) is 0.417. The van der Waals surface area contributed by atoms with Gasteiger partial charge in [-0.05, 0) is 30.9 Å². The molecule has 0 heterocycles. The van der Waals surface area contributed by atoms with Gasteiger partial charge in [0.25, 0.3) is 5.69 Å². The molecule has 90 valence electrons. The number of benzene rings is 1. The molecule has 1 unspecified atom stereocenters. The highest BCUT2D eigenvalue weighted by Crippen LogP contribution is 2.26. The van der Waals surface area contributed by atoms with Gasteiger partial charge < -0.3 is 0 Å². The van der Waals surface area contributed by atoms with Gasteiger partial charge in [-0.25, -0.2) is 4.39 Å². The van der Waals surface area contributed by atoms with Gasteiger partial charge in [0, 0.05) is 18.4 Å².